The van der Waals surface area contributed by atoms with Crippen LogP contribution in [0.25, 0.3) is 0 Å². The zero-order valence-electron chi connectivity index (χ0n) is 18.9. The number of amides is 3. The van der Waals surface area contributed by atoms with E-state index in [-0.39, 0.29) is 13.0 Å². The normalized spacial score (nSPS) is 14.6. The van der Waals surface area contributed by atoms with Crippen molar-refractivity contribution in [3.05, 3.63) is 78.4 Å². The van der Waals surface area contributed by atoms with Crippen LogP contribution >= 0.6 is 0 Å². The van der Waals surface area contributed by atoms with Gasteiger partial charge in [-0.1, -0.05) is 29.8 Å². The average molecular weight is 460 g/mol. The molecular formula is C26H25N3O5. The van der Waals surface area contributed by atoms with E-state index >= 15 is 0 Å². The number of fused-ring (bicyclic) bond motifs is 1. The fraction of sp³-hybridized carbons (Fsp3) is 0.192. The maximum absolute atomic E-state index is 13.2. The number of para-hydroxylation sites is 2. The Kier molecular flexibility index (Phi) is 6.77. The predicted molar refractivity (Wildman–Crippen MR) is 129 cm³/mol. The van der Waals surface area contributed by atoms with Crippen LogP contribution in [0.1, 0.15) is 12.0 Å². The summed E-state index contributed by atoms with van der Waals surface area (Å²) in [4.78, 5) is 40.3. The molecule has 0 aromatic heterocycles. The number of methoxy groups -OCH3 is 1. The molecule has 0 saturated carbocycles. The standard InChI is InChI=1S/C26H25N3O5/c1-17-7-11-20(12-8-17)34-16-25(31)29-22-6-4-3-5-21(22)28-26(32)23(29)15-24(30)27-18-9-13-19(33-2)14-10-18/h3-14,23H,15-16H2,1-2H3,(H,27,30)(H,28,32)/t23-/m1/s1. The lowest BCUT2D eigenvalue weighted by Crippen LogP contribution is -2.53. The van der Waals surface area contributed by atoms with Gasteiger partial charge in [0.1, 0.15) is 17.5 Å². The van der Waals surface area contributed by atoms with Crippen molar-refractivity contribution in [2.75, 3.05) is 29.3 Å². The Hall–Kier alpha value is -4.33. The van der Waals surface area contributed by atoms with Crippen LogP contribution in [0.5, 0.6) is 11.5 Å². The maximum atomic E-state index is 13.2. The Labute approximate surface area is 197 Å². The largest absolute Gasteiger partial charge is 0.497 e. The molecular weight excluding hydrogens is 434 g/mol. The molecule has 2 N–H and O–H groups in total. The Balaban J connectivity index is 1.52. The third-order valence-corrected chi connectivity index (χ3v) is 5.44. The fourth-order valence-electron chi connectivity index (χ4n) is 3.69. The molecule has 3 aromatic carbocycles. The minimum absolute atomic E-state index is 0.220. The summed E-state index contributed by atoms with van der Waals surface area (Å²) < 4.78 is 10.8. The monoisotopic (exact) mass is 459 g/mol. The molecule has 4 rings (SSSR count). The number of ether oxygens (including phenoxy) is 2. The topological polar surface area (TPSA) is 97.0 Å². The molecule has 174 valence electrons. The van der Waals surface area contributed by atoms with Gasteiger partial charge >= 0.3 is 0 Å². The molecule has 34 heavy (non-hydrogen) atoms. The van der Waals surface area contributed by atoms with Crippen molar-refractivity contribution in [2.24, 2.45) is 0 Å². The minimum Gasteiger partial charge on any atom is -0.497 e. The van der Waals surface area contributed by atoms with E-state index in [9.17, 15) is 14.4 Å². The lowest BCUT2D eigenvalue weighted by Gasteiger charge is -2.36. The van der Waals surface area contributed by atoms with E-state index in [4.69, 9.17) is 9.47 Å². The number of aryl methyl sites for hydroxylation is 1. The molecule has 0 aliphatic carbocycles. The van der Waals surface area contributed by atoms with Gasteiger partial charge in [-0.2, -0.15) is 0 Å². The molecule has 0 spiro atoms. The van der Waals surface area contributed by atoms with E-state index in [2.05, 4.69) is 10.6 Å². The molecule has 1 aliphatic rings. The second-order valence-corrected chi connectivity index (χ2v) is 7.87. The quantitative estimate of drug-likeness (QED) is 0.561. The highest BCUT2D eigenvalue weighted by Crippen LogP contribution is 2.33. The second-order valence-electron chi connectivity index (χ2n) is 7.87. The van der Waals surface area contributed by atoms with Crippen molar-refractivity contribution in [3.63, 3.8) is 0 Å². The summed E-state index contributed by atoms with van der Waals surface area (Å²) in [5.41, 5.74) is 2.65. The summed E-state index contributed by atoms with van der Waals surface area (Å²) in [6, 6.07) is 20.1. The van der Waals surface area contributed by atoms with Crippen molar-refractivity contribution in [2.45, 2.75) is 19.4 Å². The zero-order chi connectivity index (χ0) is 24.1. The van der Waals surface area contributed by atoms with E-state index < -0.39 is 23.8 Å². The number of anilines is 3. The van der Waals surface area contributed by atoms with Gasteiger partial charge in [0, 0.05) is 5.69 Å². The van der Waals surface area contributed by atoms with Crippen molar-refractivity contribution in [1.82, 2.24) is 0 Å². The molecule has 1 aliphatic heterocycles. The van der Waals surface area contributed by atoms with Gasteiger partial charge in [-0.15, -0.1) is 0 Å². The van der Waals surface area contributed by atoms with E-state index in [0.29, 0.717) is 28.6 Å². The van der Waals surface area contributed by atoms with Gasteiger partial charge in [-0.05, 0) is 55.5 Å². The maximum Gasteiger partial charge on any atom is 0.265 e. The van der Waals surface area contributed by atoms with Gasteiger partial charge in [0.2, 0.25) is 11.8 Å². The summed E-state index contributed by atoms with van der Waals surface area (Å²) >= 11 is 0. The number of benzene rings is 3. The van der Waals surface area contributed by atoms with E-state index in [1.807, 2.05) is 19.1 Å². The SMILES string of the molecule is COc1ccc(NC(=O)C[C@@H]2C(=O)Nc3ccccc3N2C(=O)COc2ccc(C)cc2)cc1. The van der Waals surface area contributed by atoms with Crippen molar-refractivity contribution in [3.8, 4) is 11.5 Å². The third-order valence-electron chi connectivity index (χ3n) is 5.44. The first-order chi connectivity index (χ1) is 16.4. The molecule has 8 heteroatoms. The summed E-state index contributed by atoms with van der Waals surface area (Å²) in [6.45, 7) is 1.68. The summed E-state index contributed by atoms with van der Waals surface area (Å²) in [5, 5.41) is 5.55. The number of hydrogen-bond donors (Lipinski definition) is 2. The molecule has 0 fully saturated rings. The predicted octanol–water partition coefficient (Wildman–Crippen LogP) is 3.77. The Morgan fingerprint density at radius 3 is 2.35 bits per heavy atom. The summed E-state index contributed by atoms with van der Waals surface area (Å²) in [5.74, 6) is -0.0616. The highest BCUT2D eigenvalue weighted by molar-refractivity contribution is 6.14. The number of rotatable bonds is 7. The van der Waals surface area contributed by atoms with Crippen LogP contribution in [-0.2, 0) is 14.4 Å². The molecule has 0 bridgehead atoms. The van der Waals surface area contributed by atoms with Gasteiger partial charge in [-0.25, -0.2) is 0 Å². The highest BCUT2D eigenvalue weighted by Gasteiger charge is 2.38. The molecule has 1 heterocycles. The van der Waals surface area contributed by atoms with Gasteiger partial charge in [0.25, 0.3) is 5.91 Å². The molecule has 0 saturated heterocycles. The van der Waals surface area contributed by atoms with Crippen molar-refractivity contribution in [1.29, 1.82) is 0 Å². The molecule has 3 aromatic rings. The smallest absolute Gasteiger partial charge is 0.265 e. The highest BCUT2D eigenvalue weighted by atomic mass is 16.5. The van der Waals surface area contributed by atoms with Crippen LogP contribution in [0.3, 0.4) is 0 Å². The number of nitrogens with one attached hydrogen (secondary N) is 2. The number of hydrogen-bond acceptors (Lipinski definition) is 5. The summed E-state index contributed by atoms with van der Waals surface area (Å²) in [7, 11) is 1.56. The van der Waals surface area contributed by atoms with Crippen LogP contribution in [0.2, 0.25) is 0 Å². The number of carbonyl (C=O) groups excluding carboxylic acids is 3. The van der Waals surface area contributed by atoms with Gasteiger partial charge in [-0.3, -0.25) is 19.3 Å². The first kappa shape index (κ1) is 22.8. The van der Waals surface area contributed by atoms with Crippen LogP contribution in [-0.4, -0.2) is 37.5 Å². The van der Waals surface area contributed by atoms with E-state index in [0.717, 1.165) is 5.56 Å². The van der Waals surface area contributed by atoms with Crippen LogP contribution in [0, 0.1) is 6.92 Å². The third kappa shape index (κ3) is 5.17. The van der Waals surface area contributed by atoms with Crippen molar-refractivity contribution >= 4 is 34.8 Å². The number of nitrogens with zero attached hydrogens (tertiary/aromatic N) is 1. The van der Waals surface area contributed by atoms with Crippen molar-refractivity contribution < 1.29 is 23.9 Å². The second kappa shape index (κ2) is 10.1. The lowest BCUT2D eigenvalue weighted by atomic mass is 10.0. The fourth-order valence-corrected chi connectivity index (χ4v) is 3.69. The first-order valence-electron chi connectivity index (χ1n) is 10.8. The van der Waals surface area contributed by atoms with E-state index in [1.165, 1.54) is 4.90 Å². The minimum atomic E-state index is -1.03. The Bertz CT molecular complexity index is 1190. The van der Waals surface area contributed by atoms with E-state index in [1.54, 1.807) is 67.8 Å². The van der Waals surface area contributed by atoms with Gasteiger partial charge in [0.15, 0.2) is 6.61 Å². The zero-order valence-corrected chi connectivity index (χ0v) is 18.9. The Morgan fingerprint density at radius 1 is 0.971 bits per heavy atom. The lowest BCUT2D eigenvalue weighted by molar-refractivity contribution is -0.127. The number of carbonyl (C=O) groups is 3. The van der Waals surface area contributed by atoms with Gasteiger partial charge in [0.05, 0.1) is 24.9 Å². The first-order valence-corrected chi connectivity index (χ1v) is 10.8. The van der Waals surface area contributed by atoms with Crippen LogP contribution < -0.4 is 25.0 Å². The Morgan fingerprint density at radius 2 is 1.65 bits per heavy atom. The molecule has 0 unspecified atom stereocenters. The summed E-state index contributed by atoms with van der Waals surface area (Å²) in [6.07, 6.45) is -0.220. The van der Waals surface area contributed by atoms with Crippen LogP contribution in [0.4, 0.5) is 17.1 Å². The molecule has 8 nitrogen and oxygen atoms in total. The van der Waals surface area contributed by atoms with Gasteiger partial charge < -0.3 is 20.1 Å². The molecule has 3 amide bonds. The van der Waals surface area contributed by atoms with Crippen LogP contribution in [0.15, 0.2) is 72.8 Å². The molecule has 0 radical (unpaired) electrons. The average Bonchev–Trinajstić information content (AvgIpc) is 2.84. The molecule has 1 atom stereocenters.